The average Bonchev–Trinajstić information content (AvgIpc) is 2.85. The fourth-order valence-electron chi connectivity index (χ4n) is 3.39. The van der Waals surface area contributed by atoms with Gasteiger partial charge in [0.1, 0.15) is 17.5 Å². The van der Waals surface area contributed by atoms with Crippen LogP contribution in [0.3, 0.4) is 0 Å². The Balaban J connectivity index is 1.86. The van der Waals surface area contributed by atoms with E-state index in [1.54, 1.807) is 31.2 Å². The molecule has 0 unspecified atom stereocenters. The maximum atomic E-state index is 13.3. The van der Waals surface area contributed by atoms with Gasteiger partial charge in [0.15, 0.2) is 6.61 Å². The summed E-state index contributed by atoms with van der Waals surface area (Å²) in [7, 11) is 3.18. The zero-order valence-electron chi connectivity index (χ0n) is 18.4. The molecule has 3 rings (SSSR count). The molecule has 0 aliphatic carbocycles. The third kappa shape index (κ3) is 6.35. The highest BCUT2D eigenvalue weighted by Crippen LogP contribution is 2.18. The van der Waals surface area contributed by atoms with Crippen LogP contribution in [-0.2, 0) is 22.6 Å². The zero-order valence-corrected chi connectivity index (χ0v) is 18.4. The Morgan fingerprint density at radius 3 is 2.06 bits per heavy atom. The normalized spacial score (nSPS) is 11.3. The molecule has 0 aliphatic rings. The van der Waals surface area contributed by atoms with Crippen LogP contribution >= 0.6 is 0 Å². The van der Waals surface area contributed by atoms with Gasteiger partial charge in [0, 0.05) is 20.0 Å². The summed E-state index contributed by atoms with van der Waals surface area (Å²) < 4.78 is 10.9. The SMILES string of the molecule is CNC(=O)[C@H](Cc1ccccc1)N(Cc1ccc(OC)cc1)C(=O)COc1ccccc1. The molecule has 32 heavy (non-hydrogen) atoms. The van der Waals surface area contributed by atoms with E-state index < -0.39 is 6.04 Å². The van der Waals surface area contributed by atoms with Crippen molar-refractivity contribution in [2.75, 3.05) is 20.8 Å². The van der Waals surface area contributed by atoms with E-state index in [-0.39, 0.29) is 25.0 Å². The van der Waals surface area contributed by atoms with Gasteiger partial charge in [-0.25, -0.2) is 0 Å². The minimum atomic E-state index is -0.684. The predicted octanol–water partition coefficient (Wildman–Crippen LogP) is 3.46. The lowest BCUT2D eigenvalue weighted by Gasteiger charge is -2.31. The lowest BCUT2D eigenvalue weighted by molar-refractivity contribution is -0.142. The first-order valence-electron chi connectivity index (χ1n) is 10.5. The molecular formula is C26H28N2O4. The molecule has 0 aliphatic heterocycles. The number of para-hydroxylation sites is 1. The highest BCUT2D eigenvalue weighted by Gasteiger charge is 2.30. The maximum absolute atomic E-state index is 13.3. The van der Waals surface area contributed by atoms with Crippen LogP contribution in [0.25, 0.3) is 0 Å². The Bertz CT molecular complexity index is 991. The van der Waals surface area contributed by atoms with Crippen molar-refractivity contribution in [1.82, 2.24) is 10.2 Å². The largest absolute Gasteiger partial charge is 0.497 e. The molecule has 6 nitrogen and oxygen atoms in total. The Morgan fingerprint density at radius 2 is 1.47 bits per heavy atom. The maximum Gasteiger partial charge on any atom is 0.261 e. The number of carbonyl (C=O) groups excluding carboxylic acids is 2. The molecule has 0 fully saturated rings. The van der Waals surface area contributed by atoms with Gasteiger partial charge in [-0.15, -0.1) is 0 Å². The van der Waals surface area contributed by atoms with Gasteiger partial charge in [0.25, 0.3) is 5.91 Å². The molecule has 166 valence electrons. The third-order valence-electron chi connectivity index (χ3n) is 5.13. The average molecular weight is 433 g/mol. The number of benzene rings is 3. The number of nitrogens with zero attached hydrogens (tertiary/aromatic N) is 1. The molecule has 0 saturated heterocycles. The summed E-state index contributed by atoms with van der Waals surface area (Å²) in [5.74, 6) is 0.834. The fraction of sp³-hybridized carbons (Fsp3) is 0.231. The van der Waals surface area contributed by atoms with Gasteiger partial charge in [-0.1, -0.05) is 60.7 Å². The first-order valence-corrected chi connectivity index (χ1v) is 10.5. The second kappa shape index (κ2) is 11.6. The van der Waals surface area contributed by atoms with E-state index in [0.29, 0.717) is 12.2 Å². The molecule has 0 bridgehead atoms. The Labute approximate surface area is 188 Å². The molecule has 2 amide bonds. The number of ether oxygens (including phenoxy) is 2. The number of amides is 2. The van der Waals surface area contributed by atoms with Crippen LogP contribution in [-0.4, -0.2) is 43.5 Å². The van der Waals surface area contributed by atoms with Crippen molar-refractivity contribution in [3.63, 3.8) is 0 Å². The molecule has 1 N–H and O–H groups in total. The second-order valence-electron chi connectivity index (χ2n) is 7.29. The number of carbonyl (C=O) groups is 2. The molecule has 3 aromatic carbocycles. The lowest BCUT2D eigenvalue weighted by atomic mass is 10.0. The van der Waals surface area contributed by atoms with Gasteiger partial charge in [-0.05, 0) is 35.4 Å². The van der Waals surface area contributed by atoms with Crippen molar-refractivity contribution in [1.29, 1.82) is 0 Å². The van der Waals surface area contributed by atoms with Gasteiger partial charge in [-0.2, -0.15) is 0 Å². The van der Waals surface area contributed by atoms with Crippen LogP contribution in [0.15, 0.2) is 84.9 Å². The highest BCUT2D eigenvalue weighted by molar-refractivity contribution is 5.88. The summed E-state index contributed by atoms with van der Waals surface area (Å²) in [6.45, 7) is 0.106. The van der Waals surface area contributed by atoms with Crippen LogP contribution in [0.4, 0.5) is 0 Å². The molecule has 3 aromatic rings. The lowest BCUT2D eigenvalue weighted by Crippen LogP contribution is -2.51. The monoisotopic (exact) mass is 432 g/mol. The van der Waals surface area contributed by atoms with Crippen molar-refractivity contribution in [3.05, 3.63) is 96.1 Å². The molecule has 1 atom stereocenters. The van der Waals surface area contributed by atoms with E-state index in [0.717, 1.165) is 16.9 Å². The van der Waals surface area contributed by atoms with Gasteiger partial charge in [0.05, 0.1) is 7.11 Å². The standard InChI is InChI=1S/C26H28N2O4/c1-27-26(30)24(17-20-9-5-3-6-10-20)28(18-21-13-15-22(31-2)16-14-21)25(29)19-32-23-11-7-4-8-12-23/h3-16,24H,17-19H2,1-2H3,(H,27,30)/t24-/m0/s1. The second-order valence-corrected chi connectivity index (χ2v) is 7.29. The smallest absolute Gasteiger partial charge is 0.261 e. The van der Waals surface area contributed by atoms with Crippen molar-refractivity contribution >= 4 is 11.8 Å². The minimum absolute atomic E-state index is 0.164. The molecular weight excluding hydrogens is 404 g/mol. The van der Waals surface area contributed by atoms with Crippen molar-refractivity contribution < 1.29 is 19.1 Å². The molecule has 0 saturated carbocycles. The molecule has 0 aromatic heterocycles. The van der Waals surface area contributed by atoms with Gasteiger partial charge in [-0.3, -0.25) is 9.59 Å². The summed E-state index contributed by atoms with van der Waals surface area (Å²) in [5, 5.41) is 2.70. The van der Waals surface area contributed by atoms with Gasteiger partial charge >= 0.3 is 0 Å². The first-order chi connectivity index (χ1) is 15.6. The summed E-state index contributed by atoms with van der Waals surface area (Å²) in [6.07, 6.45) is 0.397. The molecule has 0 heterocycles. The molecule has 0 spiro atoms. The highest BCUT2D eigenvalue weighted by atomic mass is 16.5. The summed E-state index contributed by atoms with van der Waals surface area (Å²) in [6, 6.07) is 25.6. The zero-order chi connectivity index (χ0) is 22.8. The van der Waals surface area contributed by atoms with E-state index in [9.17, 15) is 9.59 Å². The Morgan fingerprint density at radius 1 is 0.844 bits per heavy atom. The number of hydrogen-bond donors (Lipinski definition) is 1. The predicted molar refractivity (Wildman–Crippen MR) is 123 cm³/mol. The minimum Gasteiger partial charge on any atom is -0.497 e. The quantitative estimate of drug-likeness (QED) is 0.533. The summed E-state index contributed by atoms with van der Waals surface area (Å²) >= 11 is 0. The molecule has 6 heteroatoms. The van der Waals surface area contributed by atoms with E-state index in [2.05, 4.69) is 5.32 Å². The van der Waals surface area contributed by atoms with Crippen molar-refractivity contribution in [2.24, 2.45) is 0 Å². The van der Waals surface area contributed by atoms with Crippen molar-refractivity contribution in [3.8, 4) is 11.5 Å². The third-order valence-corrected chi connectivity index (χ3v) is 5.13. The number of nitrogens with one attached hydrogen (secondary N) is 1. The Hall–Kier alpha value is -3.80. The van der Waals surface area contributed by atoms with E-state index in [1.165, 1.54) is 0 Å². The van der Waals surface area contributed by atoms with Crippen LogP contribution < -0.4 is 14.8 Å². The topological polar surface area (TPSA) is 67.9 Å². The van der Waals surface area contributed by atoms with Gasteiger partial charge in [0.2, 0.25) is 5.91 Å². The summed E-state index contributed by atoms with van der Waals surface area (Å²) in [4.78, 5) is 27.7. The van der Waals surface area contributed by atoms with Crippen LogP contribution in [0.5, 0.6) is 11.5 Å². The Kier molecular flexibility index (Phi) is 8.26. The summed E-state index contributed by atoms with van der Waals surface area (Å²) in [5.41, 5.74) is 1.86. The van der Waals surface area contributed by atoms with Crippen molar-refractivity contribution in [2.45, 2.75) is 19.0 Å². The van der Waals surface area contributed by atoms with E-state index in [4.69, 9.17) is 9.47 Å². The van der Waals surface area contributed by atoms with Crippen LogP contribution in [0.1, 0.15) is 11.1 Å². The van der Waals surface area contributed by atoms with Crippen LogP contribution in [0.2, 0.25) is 0 Å². The number of rotatable bonds is 10. The number of hydrogen-bond acceptors (Lipinski definition) is 4. The van der Waals surface area contributed by atoms with E-state index >= 15 is 0 Å². The number of methoxy groups -OCH3 is 1. The van der Waals surface area contributed by atoms with E-state index in [1.807, 2.05) is 72.8 Å². The number of likely N-dealkylation sites (N-methyl/N-ethyl adjacent to an activating group) is 1. The van der Waals surface area contributed by atoms with Crippen LogP contribution in [0, 0.1) is 0 Å². The van der Waals surface area contributed by atoms with Gasteiger partial charge < -0.3 is 19.7 Å². The first kappa shape index (κ1) is 22.9. The fourth-order valence-corrected chi connectivity index (χ4v) is 3.39. The molecule has 0 radical (unpaired) electrons.